The van der Waals surface area contributed by atoms with Crippen LogP contribution in [-0.2, 0) is 27.3 Å². The zero-order valence-corrected chi connectivity index (χ0v) is 72.7. The van der Waals surface area contributed by atoms with E-state index in [0.29, 0.717) is 160 Å². The van der Waals surface area contributed by atoms with Crippen LogP contribution in [0, 0.1) is 69.5 Å². The molecule has 36 heteroatoms. The summed E-state index contributed by atoms with van der Waals surface area (Å²) in [7, 11) is 0. The maximum absolute atomic E-state index is 6.10. The van der Waals surface area contributed by atoms with Crippen molar-refractivity contribution in [2.45, 2.75) is 190 Å². The van der Waals surface area contributed by atoms with E-state index < -0.39 is 0 Å². The van der Waals surface area contributed by atoms with Gasteiger partial charge in [0.25, 0.3) is 0 Å². The number of aromatic nitrogens is 24. The Morgan fingerprint density at radius 2 is 0.508 bits per heavy atom. The van der Waals surface area contributed by atoms with E-state index in [9.17, 15) is 0 Å². The second-order valence-corrected chi connectivity index (χ2v) is 36.4. The van der Waals surface area contributed by atoms with Gasteiger partial charge in [0.05, 0.1) is 77.6 Å². The summed E-state index contributed by atoms with van der Waals surface area (Å²) < 4.78 is 28.3. The lowest BCUT2D eigenvalue weighted by molar-refractivity contribution is 0.122. The molecule has 0 aliphatic carbocycles. The van der Waals surface area contributed by atoms with E-state index in [1.54, 1.807) is 25.3 Å². The van der Waals surface area contributed by atoms with Crippen molar-refractivity contribution in [2.24, 2.45) is 32.5 Å². The number of anilines is 9. The molecule has 0 unspecified atom stereocenters. The van der Waals surface area contributed by atoms with Crippen LogP contribution in [0.2, 0.25) is 0 Å². The van der Waals surface area contributed by atoms with E-state index >= 15 is 0 Å². The fraction of sp³-hybridized carbons (Fsp3) is 0.561. The van der Waals surface area contributed by atoms with Crippen LogP contribution < -0.4 is 49.1 Å². The quantitative estimate of drug-likeness (QED) is 0.0731. The number of morpholine rings is 3. The summed E-state index contributed by atoms with van der Waals surface area (Å²) in [5.74, 6) is 12.4. The zero-order valence-electron chi connectivity index (χ0n) is 72.7. The summed E-state index contributed by atoms with van der Waals surface area (Å²) in [5.41, 5.74) is 44.7. The number of hydrogen-bond acceptors (Lipinski definition) is 30. The second kappa shape index (κ2) is 35.5. The molecule has 4 atom stereocenters. The largest absolute Gasteiger partial charge is 0.382 e. The fourth-order valence-electron chi connectivity index (χ4n) is 12.6. The van der Waals surface area contributed by atoms with E-state index in [0.717, 1.165) is 69.3 Å². The van der Waals surface area contributed by atoms with Gasteiger partial charge < -0.3 is 90.7 Å². The average Bonchev–Trinajstić information content (AvgIpc) is 1.58. The first kappa shape index (κ1) is 88.4. The Morgan fingerprint density at radius 3 is 0.746 bits per heavy atom. The van der Waals surface area contributed by atoms with Crippen molar-refractivity contribution >= 4 is 120 Å². The SMILES string of the molecule is C#Cc1nc(N)c2ncn(CC(C)(C)C)c2n1.C#Cc1nc(N)c2ncn([C@@H](C)C(C)(C)C)c2n1.C#Cc1nc(N)c2ncn([C@H](C)C(C)(C)C)c2n1.CC(C)(C)Cn1cnc2c(N)nc(N3CCOCC3)nc21.C[C@@H](n1cnc2c(N)nc(N3CCOCC3)nc21)C(C)(C)C.C[C@H](n1cnc2c(N)nc(N3CCOCC3)nc21)C(C)(C)C. The van der Waals surface area contributed by atoms with E-state index in [1.807, 2.05) is 26.4 Å². The maximum atomic E-state index is 6.10. The molecule has 0 amide bonds. The van der Waals surface area contributed by atoms with Gasteiger partial charge in [-0.2, -0.15) is 29.9 Å². The zero-order chi connectivity index (χ0) is 86.5. The van der Waals surface area contributed by atoms with Gasteiger partial charge in [0.15, 0.2) is 68.8 Å². The summed E-state index contributed by atoms with van der Waals surface area (Å²) in [5, 5.41) is 0. The smallest absolute Gasteiger partial charge is 0.229 e. The summed E-state index contributed by atoms with van der Waals surface area (Å²) in [6.45, 7) is 58.3. The predicted octanol–water partition coefficient (Wildman–Crippen LogP) is 10.4. The fourth-order valence-corrected chi connectivity index (χ4v) is 12.6. The van der Waals surface area contributed by atoms with Crippen molar-refractivity contribution in [1.82, 2.24) is 117 Å². The first-order chi connectivity index (χ1) is 55.3. The summed E-state index contributed by atoms with van der Waals surface area (Å²) in [6, 6.07) is 0.957. The number of nitrogens with two attached hydrogens (primary N) is 6. The van der Waals surface area contributed by atoms with Crippen LogP contribution in [0.4, 0.5) is 52.8 Å². The first-order valence-electron chi connectivity index (χ1n) is 39.6. The van der Waals surface area contributed by atoms with Gasteiger partial charge in [-0.05, 0) is 77.9 Å². The van der Waals surface area contributed by atoms with E-state index in [-0.39, 0.29) is 56.7 Å². The predicted molar refractivity (Wildman–Crippen MR) is 467 cm³/mol. The van der Waals surface area contributed by atoms with Crippen molar-refractivity contribution in [3.8, 4) is 37.0 Å². The minimum absolute atomic E-state index is 0.0870. The van der Waals surface area contributed by atoms with Crippen molar-refractivity contribution < 1.29 is 14.2 Å². The molecule has 15 heterocycles. The number of imidazole rings is 6. The van der Waals surface area contributed by atoms with Gasteiger partial charge in [0, 0.05) is 76.5 Å². The molecule has 12 aromatic rings. The third-order valence-electron chi connectivity index (χ3n) is 21.0. The summed E-state index contributed by atoms with van der Waals surface area (Å²) in [6.07, 6.45) is 26.6. The molecular formula is C82H119N33O3. The minimum atomic E-state index is 0.0870. The standard InChI is InChI=1S/2C15H24N6O.C14H22N6O.2C13H17N5.C12H15N5/c2*1-10(15(2,3)4)21-9-17-11-12(16)18-14(19-13(11)21)20-5-7-22-8-6-20;1-14(2,3)8-20-9-16-10-11(15)17-13(18-12(10)20)19-4-6-21-7-5-19;2*1-6-9-16-11(14)10-12(17-9)18(7-15-10)8(2)13(3,4)5;1-5-8-15-10(13)9-11(16-8)17(7-14-9)6-12(2,3)4/h2*9-10H,5-8H2,1-4H3,(H2,16,18,19);9H,4-8H2,1-3H3,(H2,15,17,18);2*1,7-8H,2-5H3,(H2,14,16,17);1,7H,6H2,2-4H3,(H2,13,15,16)/t2*10-;;2*8-;/m10.10./s1. The van der Waals surface area contributed by atoms with Crippen LogP contribution in [0.1, 0.15) is 194 Å². The molecule has 0 radical (unpaired) electrons. The summed E-state index contributed by atoms with van der Waals surface area (Å²) in [4.78, 5) is 84.6. The third kappa shape index (κ3) is 20.9. The molecule has 12 N–H and O–H groups in total. The van der Waals surface area contributed by atoms with E-state index in [2.05, 4.69) is 278 Å². The van der Waals surface area contributed by atoms with Crippen LogP contribution in [-0.4, -0.2) is 196 Å². The monoisotopic (exact) mass is 1610 g/mol. The van der Waals surface area contributed by atoms with Gasteiger partial charge in [-0.1, -0.05) is 125 Å². The van der Waals surface area contributed by atoms with Gasteiger partial charge in [0.1, 0.15) is 33.1 Å². The Hall–Kier alpha value is -11.9. The molecule has 118 heavy (non-hydrogen) atoms. The number of ether oxygens (including phenoxy) is 3. The minimum Gasteiger partial charge on any atom is -0.382 e. The Labute approximate surface area is 690 Å². The van der Waals surface area contributed by atoms with E-state index in [4.69, 9.17) is 77.9 Å². The average molecular weight is 1620 g/mol. The van der Waals surface area contributed by atoms with Gasteiger partial charge in [-0.15, -0.1) is 19.3 Å². The molecule has 0 bridgehead atoms. The Morgan fingerprint density at radius 1 is 0.305 bits per heavy atom. The normalized spacial score (nSPS) is 15.4. The molecule has 3 aliphatic rings. The lowest BCUT2D eigenvalue weighted by Crippen LogP contribution is -2.37. The first-order valence-corrected chi connectivity index (χ1v) is 39.6. The topological polar surface area (TPSA) is 455 Å². The molecule has 0 aromatic carbocycles. The van der Waals surface area contributed by atoms with Crippen LogP contribution >= 0.6 is 0 Å². The molecule has 3 saturated heterocycles. The number of rotatable bonds is 9. The Balaban J connectivity index is 0.000000150. The lowest BCUT2D eigenvalue weighted by atomic mass is 9.88. The molecule has 12 aromatic heterocycles. The second-order valence-electron chi connectivity index (χ2n) is 36.4. The molecule has 36 nitrogen and oxygen atoms in total. The van der Waals surface area contributed by atoms with Gasteiger partial charge in [-0.25, -0.2) is 59.8 Å². The number of fused-ring (bicyclic) bond motifs is 6. The van der Waals surface area contributed by atoms with E-state index in [1.165, 1.54) is 0 Å². The molecule has 3 fully saturated rings. The van der Waals surface area contributed by atoms with Gasteiger partial charge in [0.2, 0.25) is 35.3 Å². The number of nitrogens with zero attached hydrogens (tertiary/aromatic N) is 27. The molecule has 0 saturated carbocycles. The molecule has 15 rings (SSSR count). The van der Waals surface area contributed by atoms with Gasteiger partial charge >= 0.3 is 0 Å². The maximum Gasteiger partial charge on any atom is 0.229 e. The van der Waals surface area contributed by atoms with Crippen molar-refractivity contribution in [3.63, 3.8) is 0 Å². The molecule has 0 spiro atoms. The van der Waals surface area contributed by atoms with Crippen molar-refractivity contribution in [3.05, 3.63) is 55.4 Å². The van der Waals surface area contributed by atoms with Crippen LogP contribution in [0.15, 0.2) is 38.0 Å². The van der Waals surface area contributed by atoms with Crippen LogP contribution in [0.25, 0.3) is 67.0 Å². The molecule has 630 valence electrons. The van der Waals surface area contributed by atoms with Gasteiger partial charge in [-0.3, -0.25) is 0 Å². The Bertz CT molecular complexity index is 5380. The third-order valence-corrected chi connectivity index (χ3v) is 21.0. The van der Waals surface area contributed by atoms with Crippen LogP contribution in [0.3, 0.4) is 0 Å². The van der Waals surface area contributed by atoms with Crippen molar-refractivity contribution in [2.75, 3.05) is 128 Å². The highest BCUT2D eigenvalue weighted by Gasteiger charge is 2.31. The highest BCUT2D eigenvalue weighted by molar-refractivity contribution is 5.86. The number of nitrogen functional groups attached to an aromatic ring is 6. The van der Waals surface area contributed by atoms with Crippen molar-refractivity contribution in [1.29, 1.82) is 0 Å². The van der Waals surface area contributed by atoms with Crippen LogP contribution in [0.5, 0.6) is 0 Å². The number of terminal acetylenes is 3. The highest BCUT2D eigenvalue weighted by atomic mass is 16.5. The Kier molecular flexibility index (Phi) is 26.6. The molecular weight excluding hydrogens is 1500 g/mol. The summed E-state index contributed by atoms with van der Waals surface area (Å²) >= 11 is 0. The lowest BCUT2D eigenvalue weighted by Gasteiger charge is -2.29. The number of hydrogen-bond donors (Lipinski definition) is 6. The highest BCUT2D eigenvalue weighted by Crippen LogP contribution is 2.38. The molecule has 3 aliphatic heterocycles.